The summed E-state index contributed by atoms with van der Waals surface area (Å²) >= 11 is 0. The molecule has 0 radical (unpaired) electrons. The van der Waals surface area contributed by atoms with Crippen molar-refractivity contribution in [1.82, 2.24) is 0 Å². The summed E-state index contributed by atoms with van der Waals surface area (Å²) < 4.78 is 26.9. The summed E-state index contributed by atoms with van der Waals surface area (Å²) in [6.45, 7) is 2.99. The van der Waals surface area contributed by atoms with E-state index in [9.17, 15) is 18.3 Å². The predicted molar refractivity (Wildman–Crippen MR) is 93.2 cm³/mol. The van der Waals surface area contributed by atoms with E-state index < -0.39 is 15.4 Å². The van der Waals surface area contributed by atoms with Crippen molar-refractivity contribution in [2.24, 2.45) is 5.41 Å². The molecule has 0 aliphatic rings. The Bertz CT molecular complexity index is 800. The summed E-state index contributed by atoms with van der Waals surface area (Å²) in [5.74, 6) is -0.317. The fraction of sp³-hybridized carbons (Fsp3) is 0.235. The molecule has 2 aromatic rings. The van der Waals surface area contributed by atoms with Crippen LogP contribution in [0.5, 0.6) is 0 Å². The molecule has 1 amide bonds. The highest BCUT2D eigenvalue weighted by atomic mass is 32.2. The van der Waals surface area contributed by atoms with Gasteiger partial charge in [0.15, 0.2) is 0 Å². The molecule has 0 saturated heterocycles. The van der Waals surface area contributed by atoms with Crippen LogP contribution in [-0.4, -0.2) is 26.0 Å². The highest BCUT2D eigenvalue weighted by molar-refractivity contribution is 7.92. The molecular weight excluding hydrogens is 328 g/mol. The Morgan fingerprint density at radius 3 is 2.08 bits per heavy atom. The number of anilines is 2. The van der Waals surface area contributed by atoms with Gasteiger partial charge < -0.3 is 10.4 Å². The summed E-state index contributed by atoms with van der Waals surface area (Å²) in [6.07, 6.45) is 0. The molecule has 0 atom stereocenters. The average Bonchev–Trinajstić information content (AvgIpc) is 2.57. The summed E-state index contributed by atoms with van der Waals surface area (Å²) in [5.41, 5.74) is 0.00978. The third-order valence-electron chi connectivity index (χ3n) is 3.46. The molecule has 7 heteroatoms. The van der Waals surface area contributed by atoms with Gasteiger partial charge >= 0.3 is 0 Å². The van der Waals surface area contributed by atoms with Crippen LogP contribution in [0.2, 0.25) is 0 Å². The Morgan fingerprint density at radius 1 is 1.00 bits per heavy atom. The lowest BCUT2D eigenvalue weighted by molar-refractivity contribution is -0.125. The monoisotopic (exact) mass is 348 g/mol. The van der Waals surface area contributed by atoms with Gasteiger partial charge in [-0.05, 0) is 50.2 Å². The lowest BCUT2D eigenvalue weighted by atomic mass is 9.93. The number of hydrogen-bond donors (Lipinski definition) is 3. The van der Waals surface area contributed by atoms with Gasteiger partial charge in [-0.2, -0.15) is 0 Å². The topological polar surface area (TPSA) is 95.5 Å². The van der Waals surface area contributed by atoms with E-state index in [1.165, 1.54) is 12.1 Å². The number of nitrogens with one attached hydrogen (secondary N) is 2. The summed E-state index contributed by atoms with van der Waals surface area (Å²) in [7, 11) is -3.65. The Morgan fingerprint density at radius 2 is 1.54 bits per heavy atom. The Kier molecular flexibility index (Phi) is 5.26. The van der Waals surface area contributed by atoms with Gasteiger partial charge in [-0.1, -0.05) is 18.2 Å². The first-order valence-electron chi connectivity index (χ1n) is 7.35. The minimum absolute atomic E-state index is 0.173. The van der Waals surface area contributed by atoms with Crippen molar-refractivity contribution in [3.05, 3.63) is 54.6 Å². The van der Waals surface area contributed by atoms with Crippen LogP contribution in [0.3, 0.4) is 0 Å². The molecule has 0 saturated carbocycles. The van der Waals surface area contributed by atoms with E-state index in [1.54, 1.807) is 56.3 Å². The molecule has 2 rings (SSSR count). The quantitative estimate of drug-likeness (QED) is 0.747. The van der Waals surface area contributed by atoms with Crippen molar-refractivity contribution in [2.45, 2.75) is 18.7 Å². The van der Waals surface area contributed by atoms with Gasteiger partial charge in [0.2, 0.25) is 5.91 Å². The number of amides is 1. The largest absolute Gasteiger partial charge is 0.395 e. The number of carbonyl (C=O) groups excluding carboxylic acids is 1. The zero-order valence-electron chi connectivity index (χ0n) is 13.5. The maximum atomic E-state index is 12.2. The van der Waals surface area contributed by atoms with Crippen LogP contribution < -0.4 is 10.0 Å². The second kappa shape index (κ2) is 7.02. The lowest BCUT2D eigenvalue weighted by Gasteiger charge is -2.20. The van der Waals surface area contributed by atoms with Gasteiger partial charge in [0, 0.05) is 11.4 Å². The number of rotatable bonds is 6. The lowest BCUT2D eigenvalue weighted by Crippen LogP contribution is -2.33. The molecule has 0 aliphatic carbocycles. The van der Waals surface area contributed by atoms with Crippen molar-refractivity contribution in [2.75, 3.05) is 16.6 Å². The zero-order chi connectivity index (χ0) is 17.8. The van der Waals surface area contributed by atoms with E-state index in [-0.39, 0.29) is 17.4 Å². The van der Waals surface area contributed by atoms with E-state index in [4.69, 9.17) is 0 Å². The van der Waals surface area contributed by atoms with Gasteiger partial charge in [-0.3, -0.25) is 9.52 Å². The molecular formula is C17H20N2O4S. The second-order valence-corrected chi connectivity index (χ2v) is 7.67. The Balaban J connectivity index is 2.09. The molecule has 128 valence electrons. The van der Waals surface area contributed by atoms with Crippen LogP contribution in [0, 0.1) is 5.41 Å². The smallest absolute Gasteiger partial charge is 0.261 e. The highest BCUT2D eigenvalue weighted by Gasteiger charge is 2.26. The summed E-state index contributed by atoms with van der Waals surface area (Å²) in [4.78, 5) is 12.2. The SMILES string of the molecule is CC(C)(CO)C(=O)Nc1ccc(NS(=O)(=O)c2ccccc2)cc1. The molecule has 3 N–H and O–H groups in total. The molecule has 0 aromatic heterocycles. The molecule has 0 unspecified atom stereocenters. The van der Waals surface area contributed by atoms with Gasteiger partial charge in [-0.15, -0.1) is 0 Å². The predicted octanol–water partition coefficient (Wildman–Crippen LogP) is 2.44. The standard InChI is InChI=1S/C17H20N2O4S/c1-17(2,12-20)16(21)18-13-8-10-14(11-9-13)19-24(22,23)15-6-4-3-5-7-15/h3-11,19-20H,12H2,1-2H3,(H,18,21). The molecule has 6 nitrogen and oxygen atoms in total. The fourth-order valence-electron chi connectivity index (χ4n) is 1.81. The van der Waals surface area contributed by atoms with E-state index >= 15 is 0 Å². The van der Waals surface area contributed by atoms with Crippen LogP contribution in [0.1, 0.15) is 13.8 Å². The molecule has 2 aromatic carbocycles. The van der Waals surface area contributed by atoms with Crippen molar-refractivity contribution < 1.29 is 18.3 Å². The first-order valence-corrected chi connectivity index (χ1v) is 8.83. The number of sulfonamides is 1. The summed E-state index contributed by atoms with van der Waals surface area (Å²) in [5, 5.41) is 11.9. The first-order chi connectivity index (χ1) is 11.2. The zero-order valence-corrected chi connectivity index (χ0v) is 14.3. The molecule has 0 aliphatic heterocycles. The van der Waals surface area contributed by atoms with Crippen molar-refractivity contribution in [1.29, 1.82) is 0 Å². The average molecular weight is 348 g/mol. The molecule has 0 bridgehead atoms. The number of aliphatic hydroxyl groups excluding tert-OH is 1. The highest BCUT2D eigenvalue weighted by Crippen LogP contribution is 2.21. The van der Waals surface area contributed by atoms with Crippen molar-refractivity contribution in [3.8, 4) is 0 Å². The molecule has 0 fully saturated rings. The van der Waals surface area contributed by atoms with E-state index in [0.717, 1.165) is 0 Å². The van der Waals surface area contributed by atoms with Crippen LogP contribution in [-0.2, 0) is 14.8 Å². The van der Waals surface area contributed by atoms with Crippen molar-refractivity contribution in [3.63, 3.8) is 0 Å². The first kappa shape index (κ1) is 18.0. The number of aliphatic hydroxyl groups is 1. The molecule has 0 heterocycles. The van der Waals surface area contributed by atoms with Crippen LogP contribution in [0.25, 0.3) is 0 Å². The van der Waals surface area contributed by atoms with Gasteiger partial charge in [0.1, 0.15) is 0 Å². The minimum Gasteiger partial charge on any atom is -0.395 e. The third kappa shape index (κ3) is 4.33. The van der Waals surface area contributed by atoms with Gasteiger partial charge in [0.25, 0.3) is 10.0 Å². The number of carbonyl (C=O) groups is 1. The Hall–Kier alpha value is -2.38. The maximum Gasteiger partial charge on any atom is 0.261 e. The van der Waals surface area contributed by atoms with Crippen LogP contribution >= 0.6 is 0 Å². The molecule has 24 heavy (non-hydrogen) atoms. The Labute approximate surface area is 141 Å². The van der Waals surface area contributed by atoms with Crippen LogP contribution in [0.15, 0.2) is 59.5 Å². The molecule has 0 spiro atoms. The van der Waals surface area contributed by atoms with E-state index in [1.807, 2.05) is 0 Å². The third-order valence-corrected chi connectivity index (χ3v) is 4.86. The van der Waals surface area contributed by atoms with Crippen LogP contribution in [0.4, 0.5) is 11.4 Å². The number of hydrogen-bond acceptors (Lipinski definition) is 4. The fourth-order valence-corrected chi connectivity index (χ4v) is 2.89. The summed E-state index contributed by atoms with van der Waals surface area (Å²) in [6, 6.07) is 14.4. The van der Waals surface area contributed by atoms with E-state index in [2.05, 4.69) is 10.0 Å². The number of benzene rings is 2. The van der Waals surface area contributed by atoms with E-state index in [0.29, 0.717) is 11.4 Å². The maximum absolute atomic E-state index is 12.2. The van der Waals surface area contributed by atoms with Gasteiger partial charge in [0.05, 0.1) is 16.9 Å². The minimum atomic E-state index is -3.65. The van der Waals surface area contributed by atoms with Gasteiger partial charge in [-0.25, -0.2) is 8.42 Å². The normalized spacial score (nSPS) is 11.8. The van der Waals surface area contributed by atoms with Crippen molar-refractivity contribution >= 4 is 27.3 Å². The second-order valence-electron chi connectivity index (χ2n) is 5.99.